The number of amides is 2. The zero-order chi connectivity index (χ0) is 18.0. The molecule has 130 valence electrons. The Balaban J connectivity index is 1.62. The molecule has 2 aromatic carbocycles. The summed E-state index contributed by atoms with van der Waals surface area (Å²) in [4.78, 5) is 24.9. The molecule has 0 radical (unpaired) electrons. The fourth-order valence-corrected chi connectivity index (χ4v) is 3.15. The van der Waals surface area contributed by atoms with Crippen molar-refractivity contribution in [1.82, 2.24) is 0 Å². The van der Waals surface area contributed by atoms with Crippen LogP contribution in [-0.2, 0) is 16.0 Å². The Hall–Kier alpha value is -2.62. The molecule has 4 nitrogen and oxygen atoms in total. The summed E-state index contributed by atoms with van der Waals surface area (Å²) in [5, 5.41) is 5.94. The van der Waals surface area contributed by atoms with Gasteiger partial charge in [-0.05, 0) is 55.5 Å². The predicted molar refractivity (Wildman–Crippen MR) is 101 cm³/mol. The van der Waals surface area contributed by atoms with Crippen LogP contribution in [0.2, 0.25) is 0 Å². The van der Waals surface area contributed by atoms with Crippen molar-refractivity contribution in [3.63, 3.8) is 0 Å². The van der Waals surface area contributed by atoms with Crippen molar-refractivity contribution in [2.45, 2.75) is 33.6 Å². The molecule has 0 spiro atoms. The van der Waals surface area contributed by atoms with Crippen LogP contribution in [0.15, 0.2) is 42.5 Å². The van der Waals surface area contributed by atoms with Crippen molar-refractivity contribution >= 4 is 23.2 Å². The number of para-hydroxylation sites is 1. The maximum Gasteiger partial charge on any atom is 0.228 e. The number of hydrogen-bond acceptors (Lipinski definition) is 2. The monoisotopic (exact) mass is 336 g/mol. The van der Waals surface area contributed by atoms with Gasteiger partial charge in [-0.3, -0.25) is 9.59 Å². The van der Waals surface area contributed by atoms with Crippen LogP contribution < -0.4 is 10.6 Å². The van der Waals surface area contributed by atoms with E-state index in [0.29, 0.717) is 6.42 Å². The molecule has 0 aliphatic heterocycles. The molecule has 1 saturated carbocycles. The molecule has 2 atom stereocenters. The van der Waals surface area contributed by atoms with Crippen LogP contribution in [0.1, 0.15) is 30.0 Å². The minimum atomic E-state index is -0.242. The molecule has 1 aliphatic carbocycles. The summed E-state index contributed by atoms with van der Waals surface area (Å²) in [6.45, 7) is 6.04. The van der Waals surface area contributed by atoms with Gasteiger partial charge in [0.1, 0.15) is 0 Å². The first-order chi connectivity index (χ1) is 12.0. The number of benzene rings is 2. The van der Waals surface area contributed by atoms with Gasteiger partial charge < -0.3 is 10.6 Å². The Morgan fingerprint density at radius 3 is 2.36 bits per heavy atom. The smallest absolute Gasteiger partial charge is 0.228 e. The third kappa shape index (κ3) is 3.90. The summed E-state index contributed by atoms with van der Waals surface area (Å²) >= 11 is 0. The lowest BCUT2D eigenvalue weighted by atomic mass is 10.1. The summed E-state index contributed by atoms with van der Waals surface area (Å²) in [5.74, 6) is -0.622. The lowest BCUT2D eigenvalue weighted by molar-refractivity contribution is -0.122. The number of carbonyl (C=O) groups is 2. The quantitative estimate of drug-likeness (QED) is 0.864. The van der Waals surface area contributed by atoms with E-state index in [1.807, 2.05) is 56.3 Å². The van der Waals surface area contributed by atoms with Crippen LogP contribution in [-0.4, -0.2) is 11.8 Å². The SMILES string of the molecule is CCc1cccc(C)c1NC(=O)C1CC1C(=O)Nc1cccc(C)c1. The van der Waals surface area contributed by atoms with E-state index in [4.69, 9.17) is 0 Å². The topological polar surface area (TPSA) is 58.2 Å². The fourth-order valence-electron chi connectivity index (χ4n) is 3.15. The molecule has 1 aliphatic rings. The lowest BCUT2D eigenvalue weighted by Crippen LogP contribution is -2.21. The van der Waals surface area contributed by atoms with Crippen molar-refractivity contribution in [2.75, 3.05) is 10.6 Å². The Labute approximate surface area is 148 Å². The molecule has 2 aromatic rings. The van der Waals surface area contributed by atoms with Gasteiger partial charge in [-0.1, -0.05) is 37.3 Å². The zero-order valence-electron chi connectivity index (χ0n) is 14.9. The molecule has 1 fully saturated rings. The van der Waals surface area contributed by atoms with E-state index in [1.54, 1.807) is 0 Å². The number of hydrogen-bond donors (Lipinski definition) is 2. The zero-order valence-corrected chi connectivity index (χ0v) is 14.9. The maximum absolute atomic E-state index is 12.5. The molecule has 4 heteroatoms. The van der Waals surface area contributed by atoms with Gasteiger partial charge in [0.25, 0.3) is 0 Å². The molecular weight excluding hydrogens is 312 g/mol. The number of carbonyl (C=O) groups excluding carboxylic acids is 2. The van der Waals surface area contributed by atoms with Crippen LogP contribution in [0, 0.1) is 25.7 Å². The molecule has 25 heavy (non-hydrogen) atoms. The van der Waals surface area contributed by atoms with E-state index in [-0.39, 0.29) is 23.7 Å². The van der Waals surface area contributed by atoms with E-state index in [0.717, 1.165) is 34.5 Å². The molecule has 0 aromatic heterocycles. The van der Waals surface area contributed by atoms with Gasteiger partial charge in [0.2, 0.25) is 11.8 Å². The molecular formula is C21H24N2O2. The first-order valence-corrected chi connectivity index (χ1v) is 8.76. The number of anilines is 2. The van der Waals surface area contributed by atoms with E-state index < -0.39 is 0 Å². The average molecular weight is 336 g/mol. The van der Waals surface area contributed by atoms with Gasteiger partial charge in [-0.15, -0.1) is 0 Å². The summed E-state index contributed by atoms with van der Waals surface area (Å²) in [6, 6.07) is 13.7. The van der Waals surface area contributed by atoms with Crippen LogP contribution in [0.5, 0.6) is 0 Å². The molecule has 2 unspecified atom stereocenters. The average Bonchev–Trinajstić information content (AvgIpc) is 3.37. The Morgan fingerprint density at radius 1 is 1.00 bits per heavy atom. The van der Waals surface area contributed by atoms with Crippen LogP contribution in [0.4, 0.5) is 11.4 Å². The first kappa shape index (κ1) is 17.2. The molecule has 2 amide bonds. The summed E-state index contributed by atoms with van der Waals surface area (Å²) in [6.07, 6.45) is 1.47. The van der Waals surface area contributed by atoms with Crippen molar-refractivity contribution in [2.24, 2.45) is 11.8 Å². The summed E-state index contributed by atoms with van der Waals surface area (Å²) < 4.78 is 0. The molecule has 0 heterocycles. The third-order valence-electron chi connectivity index (χ3n) is 4.74. The van der Waals surface area contributed by atoms with Gasteiger partial charge >= 0.3 is 0 Å². The highest BCUT2D eigenvalue weighted by molar-refractivity contribution is 6.03. The maximum atomic E-state index is 12.5. The van der Waals surface area contributed by atoms with E-state index in [2.05, 4.69) is 17.6 Å². The highest BCUT2D eigenvalue weighted by atomic mass is 16.2. The molecule has 0 bridgehead atoms. The normalized spacial score (nSPS) is 18.5. The van der Waals surface area contributed by atoms with E-state index in [1.165, 1.54) is 0 Å². The Bertz CT molecular complexity index is 813. The second kappa shape index (κ2) is 7.09. The van der Waals surface area contributed by atoms with E-state index in [9.17, 15) is 9.59 Å². The Morgan fingerprint density at radius 2 is 1.68 bits per heavy atom. The second-order valence-corrected chi connectivity index (χ2v) is 6.76. The standard InChI is InChI=1S/C21H24N2O2/c1-4-15-9-6-8-14(3)19(15)23-21(25)18-12-17(18)20(24)22-16-10-5-7-13(2)11-16/h5-11,17-18H,4,12H2,1-3H3,(H,22,24)(H,23,25). The van der Waals surface area contributed by atoms with Gasteiger partial charge in [0, 0.05) is 11.4 Å². The largest absolute Gasteiger partial charge is 0.326 e. The van der Waals surface area contributed by atoms with Crippen LogP contribution in [0.3, 0.4) is 0 Å². The van der Waals surface area contributed by atoms with E-state index >= 15 is 0 Å². The van der Waals surface area contributed by atoms with Crippen molar-refractivity contribution in [3.05, 3.63) is 59.2 Å². The van der Waals surface area contributed by atoms with Crippen molar-refractivity contribution in [1.29, 1.82) is 0 Å². The van der Waals surface area contributed by atoms with Gasteiger partial charge in [-0.25, -0.2) is 0 Å². The minimum Gasteiger partial charge on any atom is -0.326 e. The molecule has 2 N–H and O–H groups in total. The van der Waals surface area contributed by atoms with Crippen molar-refractivity contribution < 1.29 is 9.59 Å². The van der Waals surface area contributed by atoms with Crippen LogP contribution >= 0.6 is 0 Å². The number of aryl methyl sites for hydroxylation is 3. The highest BCUT2D eigenvalue weighted by Gasteiger charge is 2.48. The molecule has 3 rings (SSSR count). The van der Waals surface area contributed by atoms with Crippen molar-refractivity contribution in [3.8, 4) is 0 Å². The lowest BCUT2D eigenvalue weighted by Gasteiger charge is -2.13. The Kier molecular flexibility index (Phi) is 4.88. The summed E-state index contributed by atoms with van der Waals surface area (Å²) in [7, 11) is 0. The first-order valence-electron chi connectivity index (χ1n) is 8.76. The number of nitrogens with one attached hydrogen (secondary N) is 2. The second-order valence-electron chi connectivity index (χ2n) is 6.76. The predicted octanol–water partition coefficient (Wildman–Crippen LogP) is 4.08. The fraction of sp³-hybridized carbons (Fsp3) is 0.333. The third-order valence-corrected chi connectivity index (χ3v) is 4.74. The highest BCUT2D eigenvalue weighted by Crippen LogP contribution is 2.40. The van der Waals surface area contributed by atoms with Gasteiger partial charge in [0.15, 0.2) is 0 Å². The number of rotatable bonds is 5. The van der Waals surface area contributed by atoms with Crippen LogP contribution in [0.25, 0.3) is 0 Å². The minimum absolute atomic E-state index is 0.0617. The van der Waals surface area contributed by atoms with Gasteiger partial charge in [-0.2, -0.15) is 0 Å². The summed E-state index contributed by atoms with van der Waals surface area (Å²) in [5.41, 5.74) is 4.93. The van der Waals surface area contributed by atoms with Gasteiger partial charge in [0.05, 0.1) is 11.8 Å². The molecule has 0 saturated heterocycles.